The Morgan fingerprint density at radius 2 is 2.17 bits per heavy atom. The van der Waals surface area contributed by atoms with Gasteiger partial charge in [-0.3, -0.25) is 4.40 Å². The van der Waals surface area contributed by atoms with Crippen LogP contribution >= 0.6 is 0 Å². The second-order valence-electron chi connectivity index (χ2n) is 5.12. The first-order chi connectivity index (χ1) is 8.48. The molecule has 0 saturated carbocycles. The molecule has 0 aliphatic heterocycles. The van der Waals surface area contributed by atoms with Gasteiger partial charge in [-0.15, -0.1) is 10.2 Å². The zero-order valence-electron chi connectivity index (χ0n) is 11.3. The Balaban J connectivity index is 2.43. The molecule has 0 aliphatic rings. The average Bonchev–Trinajstić information content (AvgIpc) is 2.72. The van der Waals surface area contributed by atoms with E-state index in [0.29, 0.717) is 12.5 Å². The van der Waals surface area contributed by atoms with Crippen molar-refractivity contribution in [3.8, 4) is 0 Å². The summed E-state index contributed by atoms with van der Waals surface area (Å²) in [4.78, 5) is 4.35. The van der Waals surface area contributed by atoms with Crippen molar-refractivity contribution in [2.24, 2.45) is 11.7 Å². The van der Waals surface area contributed by atoms with Crippen LogP contribution in [-0.4, -0.2) is 31.7 Å². The number of anilines is 1. The maximum Gasteiger partial charge on any atom is 0.203 e. The third kappa shape index (κ3) is 2.03. The highest BCUT2D eigenvalue weighted by molar-refractivity contribution is 5.63. The molecule has 3 N–H and O–H groups in total. The molecule has 2 aromatic rings. The number of nitrogens with two attached hydrogens (primary N) is 1. The minimum Gasteiger partial charge on any atom is -0.360 e. The predicted molar refractivity (Wildman–Crippen MR) is 71.4 cm³/mol. The maximum atomic E-state index is 5.87. The van der Waals surface area contributed by atoms with Crippen molar-refractivity contribution in [3.05, 3.63) is 18.2 Å². The predicted octanol–water partition coefficient (Wildman–Crippen LogP) is 1.22. The third-order valence-electron chi connectivity index (χ3n) is 3.60. The quantitative estimate of drug-likeness (QED) is 0.850. The normalized spacial score (nSPS) is 15.0. The van der Waals surface area contributed by atoms with E-state index in [-0.39, 0.29) is 5.54 Å². The van der Waals surface area contributed by atoms with Crippen molar-refractivity contribution in [1.29, 1.82) is 0 Å². The molecule has 0 aliphatic carbocycles. The molecule has 6 nitrogen and oxygen atoms in total. The van der Waals surface area contributed by atoms with Gasteiger partial charge in [0.15, 0.2) is 5.82 Å². The van der Waals surface area contributed by atoms with E-state index in [1.165, 1.54) is 0 Å². The number of nitrogens with one attached hydrogen (secondary N) is 1. The van der Waals surface area contributed by atoms with Gasteiger partial charge >= 0.3 is 0 Å². The second-order valence-corrected chi connectivity index (χ2v) is 5.12. The van der Waals surface area contributed by atoms with Gasteiger partial charge in [0.2, 0.25) is 5.65 Å². The van der Waals surface area contributed by atoms with E-state index in [4.69, 9.17) is 5.73 Å². The van der Waals surface area contributed by atoms with Gasteiger partial charge in [-0.1, -0.05) is 13.8 Å². The van der Waals surface area contributed by atoms with Crippen LogP contribution in [-0.2, 0) is 0 Å². The minimum atomic E-state index is -0.214. The highest BCUT2D eigenvalue weighted by Gasteiger charge is 2.28. The van der Waals surface area contributed by atoms with Crippen LogP contribution < -0.4 is 11.1 Å². The standard InChI is InChI=1S/C12H20N6/c1-8(2)12(4,7-13)15-10-11-17-16-9(3)18(11)6-5-14-10/h5-6,8H,7,13H2,1-4H3,(H,14,15). The van der Waals surface area contributed by atoms with Gasteiger partial charge in [0, 0.05) is 18.9 Å². The number of hydrogen-bond acceptors (Lipinski definition) is 5. The Bertz CT molecular complexity index is 546. The average molecular weight is 248 g/mol. The summed E-state index contributed by atoms with van der Waals surface area (Å²) >= 11 is 0. The fourth-order valence-corrected chi connectivity index (χ4v) is 1.73. The molecule has 1 atom stereocenters. The molecule has 2 heterocycles. The lowest BCUT2D eigenvalue weighted by atomic mass is 9.88. The van der Waals surface area contributed by atoms with E-state index in [9.17, 15) is 0 Å². The van der Waals surface area contributed by atoms with Crippen LogP contribution in [0.15, 0.2) is 12.4 Å². The van der Waals surface area contributed by atoms with Crippen LogP contribution in [0.5, 0.6) is 0 Å². The molecule has 0 radical (unpaired) electrons. The summed E-state index contributed by atoms with van der Waals surface area (Å²) in [6.07, 6.45) is 3.59. The van der Waals surface area contributed by atoms with Gasteiger partial charge in [-0.05, 0) is 19.8 Å². The summed E-state index contributed by atoms with van der Waals surface area (Å²) in [5, 5.41) is 11.6. The summed E-state index contributed by atoms with van der Waals surface area (Å²) in [5.74, 6) is 1.95. The van der Waals surface area contributed by atoms with E-state index in [2.05, 4.69) is 41.3 Å². The van der Waals surface area contributed by atoms with Crippen LogP contribution in [0.3, 0.4) is 0 Å². The molecule has 0 aromatic carbocycles. The topological polar surface area (TPSA) is 81.1 Å². The zero-order valence-corrected chi connectivity index (χ0v) is 11.3. The summed E-state index contributed by atoms with van der Waals surface area (Å²) in [6, 6.07) is 0. The molecule has 18 heavy (non-hydrogen) atoms. The van der Waals surface area contributed by atoms with Crippen LogP contribution in [0.25, 0.3) is 5.65 Å². The smallest absolute Gasteiger partial charge is 0.203 e. The van der Waals surface area contributed by atoms with Gasteiger partial charge in [-0.25, -0.2) is 4.98 Å². The lowest BCUT2D eigenvalue weighted by molar-refractivity contribution is 0.381. The molecule has 2 aromatic heterocycles. The first-order valence-corrected chi connectivity index (χ1v) is 6.12. The Labute approximate surface area is 107 Å². The Morgan fingerprint density at radius 3 is 2.78 bits per heavy atom. The maximum absolute atomic E-state index is 5.87. The number of hydrogen-bond donors (Lipinski definition) is 2. The summed E-state index contributed by atoms with van der Waals surface area (Å²) in [7, 11) is 0. The van der Waals surface area contributed by atoms with Crippen molar-refractivity contribution in [3.63, 3.8) is 0 Å². The number of nitrogens with zero attached hydrogens (tertiary/aromatic N) is 4. The lowest BCUT2D eigenvalue weighted by Crippen LogP contribution is -2.47. The highest BCUT2D eigenvalue weighted by Crippen LogP contribution is 2.22. The number of aromatic nitrogens is 4. The van der Waals surface area contributed by atoms with Crippen LogP contribution in [0, 0.1) is 12.8 Å². The molecule has 0 spiro atoms. The molecule has 6 heteroatoms. The SMILES string of the molecule is Cc1nnc2c(NC(C)(CN)C(C)C)nccn12. The van der Waals surface area contributed by atoms with Gasteiger partial charge < -0.3 is 11.1 Å². The lowest BCUT2D eigenvalue weighted by Gasteiger charge is -2.34. The summed E-state index contributed by atoms with van der Waals surface area (Å²) < 4.78 is 1.91. The molecule has 0 bridgehead atoms. The van der Waals surface area contributed by atoms with E-state index >= 15 is 0 Å². The van der Waals surface area contributed by atoms with Gasteiger partial charge in [0.1, 0.15) is 5.82 Å². The van der Waals surface area contributed by atoms with Crippen LogP contribution in [0.1, 0.15) is 26.6 Å². The number of rotatable bonds is 4. The fraction of sp³-hybridized carbons (Fsp3) is 0.583. The zero-order chi connectivity index (χ0) is 13.3. The highest BCUT2D eigenvalue weighted by atomic mass is 15.3. The summed E-state index contributed by atoms with van der Waals surface area (Å²) in [6.45, 7) is 8.80. The van der Waals surface area contributed by atoms with Crippen molar-refractivity contribution >= 4 is 11.5 Å². The molecular weight excluding hydrogens is 228 g/mol. The first-order valence-electron chi connectivity index (χ1n) is 6.12. The van der Waals surface area contributed by atoms with Crippen molar-refractivity contribution in [2.75, 3.05) is 11.9 Å². The number of aryl methyl sites for hydroxylation is 1. The monoisotopic (exact) mass is 248 g/mol. The molecule has 0 amide bonds. The fourth-order valence-electron chi connectivity index (χ4n) is 1.73. The van der Waals surface area contributed by atoms with E-state index in [0.717, 1.165) is 17.3 Å². The van der Waals surface area contributed by atoms with Gasteiger partial charge in [0.05, 0.1) is 5.54 Å². The largest absolute Gasteiger partial charge is 0.360 e. The third-order valence-corrected chi connectivity index (χ3v) is 3.60. The number of fused-ring (bicyclic) bond motifs is 1. The van der Waals surface area contributed by atoms with Gasteiger partial charge in [0.25, 0.3) is 0 Å². The second kappa shape index (κ2) is 4.53. The molecule has 1 unspecified atom stereocenters. The molecule has 0 fully saturated rings. The molecular formula is C12H20N6. The Hall–Kier alpha value is -1.69. The summed E-state index contributed by atoms with van der Waals surface area (Å²) in [5.41, 5.74) is 6.39. The van der Waals surface area contributed by atoms with Crippen molar-refractivity contribution < 1.29 is 0 Å². The van der Waals surface area contributed by atoms with Gasteiger partial charge in [-0.2, -0.15) is 0 Å². The van der Waals surface area contributed by atoms with Crippen molar-refractivity contribution in [1.82, 2.24) is 19.6 Å². The van der Waals surface area contributed by atoms with Crippen LogP contribution in [0.2, 0.25) is 0 Å². The van der Waals surface area contributed by atoms with E-state index in [1.807, 2.05) is 17.5 Å². The first kappa shape index (κ1) is 12.8. The van der Waals surface area contributed by atoms with E-state index in [1.54, 1.807) is 6.20 Å². The Kier molecular flexibility index (Phi) is 3.21. The Morgan fingerprint density at radius 1 is 1.44 bits per heavy atom. The molecule has 0 saturated heterocycles. The van der Waals surface area contributed by atoms with E-state index < -0.39 is 0 Å². The minimum absolute atomic E-state index is 0.214. The molecule has 2 rings (SSSR count). The van der Waals surface area contributed by atoms with Crippen molar-refractivity contribution in [2.45, 2.75) is 33.2 Å². The van der Waals surface area contributed by atoms with Crippen LogP contribution in [0.4, 0.5) is 5.82 Å². The molecule has 98 valence electrons.